The van der Waals surface area contributed by atoms with Crippen LogP contribution in [0, 0.1) is 5.92 Å². The lowest BCUT2D eigenvalue weighted by molar-refractivity contribution is -0.133. The zero-order valence-corrected chi connectivity index (χ0v) is 13.1. The van der Waals surface area contributed by atoms with Gasteiger partial charge in [0.05, 0.1) is 12.9 Å². The lowest BCUT2D eigenvalue weighted by Gasteiger charge is -2.12. The van der Waals surface area contributed by atoms with Crippen molar-refractivity contribution in [3.63, 3.8) is 0 Å². The van der Waals surface area contributed by atoms with Crippen molar-refractivity contribution in [2.24, 2.45) is 5.92 Å². The number of nitrogens with zero attached hydrogens (tertiary/aromatic N) is 4. The van der Waals surface area contributed by atoms with Crippen molar-refractivity contribution in [3.8, 4) is 5.88 Å². The molecule has 2 heterocycles. The molecule has 1 atom stereocenters. The number of carbonyl (C=O) groups is 1. The van der Waals surface area contributed by atoms with Gasteiger partial charge in [0, 0.05) is 6.54 Å². The number of fused-ring (bicyclic) bond motifs is 1. The summed E-state index contributed by atoms with van der Waals surface area (Å²) >= 11 is 1.18. The van der Waals surface area contributed by atoms with E-state index in [-0.39, 0.29) is 5.75 Å². The van der Waals surface area contributed by atoms with Gasteiger partial charge in [-0.2, -0.15) is 4.98 Å². The molecule has 8 heteroatoms. The van der Waals surface area contributed by atoms with Crippen molar-refractivity contribution in [2.45, 2.75) is 32.0 Å². The van der Waals surface area contributed by atoms with Gasteiger partial charge in [0.15, 0.2) is 16.3 Å². The molecule has 2 aromatic rings. The van der Waals surface area contributed by atoms with E-state index in [1.54, 1.807) is 0 Å². The highest BCUT2D eigenvalue weighted by Crippen LogP contribution is 2.28. The first kappa shape index (κ1) is 15.6. The zero-order valence-electron chi connectivity index (χ0n) is 12.2. The maximum Gasteiger partial charge on any atom is 0.313 e. The Bertz CT molecular complexity index is 644. The molecule has 0 saturated heterocycles. The fraction of sp³-hybridized carbons (Fsp3) is 0.538. The van der Waals surface area contributed by atoms with Gasteiger partial charge < -0.3 is 14.4 Å². The Morgan fingerprint density at radius 3 is 2.90 bits per heavy atom. The average molecular weight is 310 g/mol. The van der Waals surface area contributed by atoms with Crippen LogP contribution in [0.15, 0.2) is 11.5 Å². The number of hydrogen-bond donors (Lipinski definition) is 1. The largest absolute Gasteiger partial charge is 0.481 e. The second kappa shape index (κ2) is 6.75. The number of imidazole rings is 1. The number of carboxylic acid groups (broad SMARTS) is 1. The van der Waals surface area contributed by atoms with E-state index in [1.165, 1.54) is 25.2 Å². The molecule has 0 spiro atoms. The lowest BCUT2D eigenvalue weighted by atomic mass is 10.1. The van der Waals surface area contributed by atoms with E-state index in [0.717, 1.165) is 13.0 Å². The van der Waals surface area contributed by atoms with Gasteiger partial charge in [-0.3, -0.25) is 4.79 Å². The summed E-state index contributed by atoms with van der Waals surface area (Å²) in [5, 5.41) is 9.49. The average Bonchev–Trinajstić information content (AvgIpc) is 2.82. The highest BCUT2D eigenvalue weighted by molar-refractivity contribution is 7.99. The van der Waals surface area contributed by atoms with Crippen LogP contribution in [0.5, 0.6) is 5.88 Å². The molecule has 0 radical (unpaired) electrons. The number of ether oxygens (including phenoxy) is 1. The summed E-state index contributed by atoms with van der Waals surface area (Å²) in [7, 11) is 1.53. The Hall–Kier alpha value is -1.83. The monoisotopic (exact) mass is 310 g/mol. The van der Waals surface area contributed by atoms with E-state index >= 15 is 0 Å². The summed E-state index contributed by atoms with van der Waals surface area (Å²) < 4.78 is 7.15. The van der Waals surface area contributed by atoms with Crippen molar-refractivity contribution in [2.75, 3.05) is 12.9 Å². The molecular formula is C13H18N4O3S. The molecule has 1 unspecified atom stereocenters. The standard InChI is InChI=1S/C13H18N4O3S/c1-4-8(2)5-17-11-10(12(20-3)15-7-14-11)16-13(17)21-6-9(18)19/h7-8H,4-6H2,1-3H3,(H,18,19). The molecule has 0 bridgehead atoms. The number of rotatable bonds is 7. The predicted molar refractivity (Wildman–Crippen MR) is 79.7 cm³/mol. The molecular weight excluding hydrogens is 292 g/mol. The molecule has 0 aliphatic carbocycles. The van der Waals surface area contributed by atoms with Crippen LogP contribution < -0.4 is 4.74 Å². The molecule has 2 aromatic heterocycles. The number of thioether (sulfide) groups is 1. The molecule has 0 saturated carbocycles. The Balaban J connectivity index is 2.48. The Morgan fingerprint density at radius 1 is 1.52 bits per heavy atom. The molecule has 1 N–H and O–H groups in total. The molecule has 0 amide bonds. The van der Waals surface area contributed by atoms with Crippen LogP contribution in [0.2, 0.25) is 0 Å². The number of methoxy groups -OCH3 is 1. The first-order valence-corrected chi connectivity index (χ1v) is 7.65. The molecule has 2 rings (SSSR count). The molecule has 0 aliphatic rings. The molecule has 21 heavy (non-hydrogen) atoms. The fourth-order valence-electron chi connectivity index (χ4n) is 1.89. The Morgan fingerprint density at radius 2 is 2.29 bits per heavy atom. The summed E-state index contributed by atoms with van der Waals surface area (Å²) in [4.78, 5) is 23.6. The predicted octanol–water partition coefficient (Wildman–Crippen LogP) is 2.06. The highest BCUT2D eigenvalue weighted by Gasteiger charge is 2.18. The van der Waals surface area contributed by atoms with Gasteiger partial charge in [0.1, 0.15) is 6.33 Å². The van der Waals surface area contributed by atoms with E-state index in [0.29, 0.717) is 28.1 Å². The quantitative estimate of drug-likeness (QED) is 0.783. The third-order valence-corrected chi connectivity index (χ3v) is 4.13. The van der Waals surface area contributed by atoms with Crippen molar-refractivity contribution < 1.29 is 14.6 Å². The third-order valence-electron chi connectivity index (χ3n) is 3.17. The number of aliphatic carboxylic acids is 1. The number of carboxylic acids is 1. The van der Waals surface area contributed by atoms with E-state index in [9.17, 15) is 4.79 Å². The van der Waals surface area contributed by atoms with Gasteiger partial charge >= 0.3 is 5.97 Å². The van der Waals surface area contributed by atoms with Gasteiger partial charge in [0.25, 0.3) is 0 Å². The van der Waals surface area contributed by atoms with Gasteiger partial charge in [-0.05, 0) is 5.92 Å². The SMILES string of the molecule is CCC(C)Cn1c(SCC(=O)O)nc2c(OC)ncnc21. The van der Waals surface area contributed by atoms with Crippen LogP contribution in [0.4, 0.5) is 0 Å². The lowest BCUT2D eigenvalue weighted by Crippen LogP contribution is -2.09. The van der Waals surface area contributed by atoms with Gasteiger partial charge in [-0.15, -0.1) is 0 Å². The second-order valence-electron chi connectivity index (χ2n) is 4.76. The van der Waals surface area contributed by atoms with Crippen LogP contribution in [-0.2, 0) is 11.3 Å². The van der Waals surface area contributed by atoms with Crippen molar-refractivity contribution in [3.05, 3.63) is 6.33 Å². The minimum Gasteiger partial charge on any atom is -0.481 e. The minimum absolute atomic E-state index is 0.0421. The van der Waals surface area contributed by atoms with Crippen LogP contribution in [0.1, 0.15) is 20.3 Å². The summed E-state index contributed by atoms with van der Waals surface area (Å²) in [6.45, 7) is 4.98. The summed E-state index contributed by atoms with van der Waals surface area (Å²) in [5.74, 6) is -0.0765. The van der Waals surface area contributed by atoms with Gasteiger partial charge in [0.2, 0.25) is 5.88 Å². The summed E-state index contributed by atoms with van der Waals surface area (Å²) in [6, 6.07) is 0. The molecule has 0 aromatic carbocycles. The topological polar surface area (TPSA) is 90.1 Å². The van der Waals surface area contributed by atoms with Crippen molar-refractivity contribution >= 4 is 28.9 Å². The summed E-state index contributed by atoms with van der Waals surface area (Å²) in [5.41, 5.74) is 1.24. The van der Waals surface area contributed by atoms with E-state index in [4.69, 9.17) is 9.84 Å². The maximum absolute atomic E-state index is 10.8. The van der Waals surface area contributed by atoms with Crippen molar-refractivity contribution in [1.82, 2.24) is 19.5 Å². The number of aromatic nitrogens is 4. The first-order valence-electron chi connectivity index (χ1n) is 6.66. The zero-order chi connectivity index (χ0) is 15.4. The van der Waals surface area contributed by atoms with Gasteiger partial charge in [-0.25, -0.2) is 9.97 Å². The third kappa shape index (κ3) is 3.44. The smallest absolute Gasteiger partial charge is 0.313 e. The van der Waals surface area contributed by atoms with Gasteiger partial charge in [-0.1, -0.05) is 32.0 Å². The van der Waals surface area contributed by atoms with Crippen LogP contribution >= 0.6 is 11.8 Å². The molecule has 0 fully saturated rings. The molecule has 0 aliphatic heterocycles. The Kier molecular flexibility index (Phi) is 5.00. The number of hydrogen-bond acceptors (Lipinski definition) is 6. The first-order chi connectivity index (χ1) is 10.1. The maximum atomic E-state index is 10.8. The van der Waals surface area contributed by atoms with Crippen molar-refractivity contribution in [1.29, 1.82) is 0 Å². The second-order valence-corrected chi connectivity index (χ2v) is 5.70. The molecule has 114 valence electrons. The van der Waals surface area contributed by atoms with Crippen LogP contribution in [-0.4, -0.2) is 43.5 Å². The van der Waals surface area contributed by atoms with E-state index in [2.05, 4.69) is 28.8 Å². The van der Waals surface area contributed by atoms with E-state index < -0.39 is 5.97 Å². The van der Waals surface area contributed by atoms with Crippen LogP contribution in [0.25, 0.3) is 11.2 Å². The molecule has 7 nitrogen and oxygen atoms in total. The Labute approximate surface area is 126 Å². The normalized spacial score (nSPS) is 12.5. The summed E-state index contributed by atoms with van der Waals surface area (Å²) in [6.07, 6.45) is 2.45. The fourth-order valence-corrected chi connectivity index (χ4v) is 2.61. The minimum atomic E-state index is -0.875. The highest BCUT2D eigenvalue weighted by atomic mass is 32.2. The van der Waals surface area contributed by atoms with E-state index in [1.807, 2.05) is 4.57 Å². The van der Waals surface area contributed by atoms with Crippen LogP contribution in [0.3, 0.4) is 0 Å².